The van der Waals surface area contributed by atoms with Crippen LogP contribution in [0.15, 0.2) is 36.4 Å². The van der Waals surface area contributed by atoms with E-state index in [1.54, 1.807) is 6.92 Å². The minimum absolute atomic E-state index is 0.124. The van der Waals surface area contributed by atoms with Gasteiger partial charge in [-0.1, -0.05) is 6.07 Å². The number of carbonyl (C=O) groups excluding carboxylic acids is 3. The Morgan fingerprint density at radius 3 is 2.07 bits per heavy atom. The number of hydrogen-bond donors (Lipinski definition) is 1. The molecule has 7 heteroatoms. The molecule has 2 aromatic carbocycles. The molecule has 0 aliphatic heterocycles. The fourth-order valence-electron chi connectivity index (χ4n) is 3.46. The van der Waals surface area contributed by atoms with E-state index < -0.39 is 23.9 Å². The Kier molecular flexibility index (Phi) is 6.72. The molecule has 0 aromatic heterocycles. The highest BCUT2D eigenvalue weighted by Gasteiger charge is 2.19. The largest absolute Gasteiger partial charge is 0.481 e. The second kappa shape index (κ2) is 9.43. The number of methoxy groups -OCH3 is 2. The van der Waals surface area contributed by atoms with Gasteiger partial charge < -0.3 is 19.5 Å². The minimum atomic E-state index is -0.782. The Labute approximate surface area is 175 Å². The lowest BCUT2D eigenvalue weighted by Crippen LogP contribution is -2.30. The summed E-state index contributed by atoms with van der Waals surface area (Å²) in [6.07, 6.45) is 3.67. The van der Waals surface area contributed by atoms with Crippen molar-refractivity contribution in [3.63, 3.8) is 0 Å². The summed E-state index contributed by atoms with van der Waals surface area (Å²) in [7, 11) is 2.47. The lowest BCUT2D eigenvalue weighted by atomic mass is 9.92. The Bertz CT molecular complexity index is 934. The Morgan fingerprint density at radius 1 is 0.867 bits per heavy atom. The van der Waals surface area contributed by atoms with E-state index in [1.165, 1.54) is 50.0 Å². The molecule has 1 aliphatic carbocycles. The summed E-state index contributed by atoms with van der Waals surface area (Å²) in [6, 6.07) is 10.1. The third-order valence-corrected chi connectivity index (χ3v) is 5.04. The zero-order valence-corrected chi connectivity index (χ0v) is 17.3. The first kappa shape index (κ1) is 21.4. The summed E-state index contributed by atoms with van der Waals surface area (Å²) in [4.78, 5) is 36.4. The van der Waals surface area contributed by atoms with E-state index in [0.29, 0.717) is 5.75 Å². The number of rotatable bonds is 6. The lowest BCUT2D eigenvalue weighted by Gasteiger charge is -2.19. The molecule has 158 valence electrons. The van der Waals surface area contributed by atoms with E-state index in [0.717, 1.165) is 19.3 Å². The second-order valence-electron chi connectivity index (χ2n) is 7.17. The fraction of sp³-hybridized carbons (Fsp3) is 0.348. The van der Waals surface area contributed by atoms with Gasteiger partial charge in [0.2, 0.25) is 0 Å². The molecule has 1 atom stereocenters. The topological polar surface area (TPSA) is 90.9 Å². The van der Waals surface area contributed by atoms with Gasteiger partial charge in [-0.3, -0.25) is 4.79 Å². The molecule has 1 N–H and O–H groups in total. The Hall–Kier alpha value is -3.35. The van der Waals surface area contributed by atoms with Crippen LogP contribution in [0, 0.1) is 0 Å². The van der Waals surface area contributed by atoms with Gasteiger partial charge in [0, 0.05) is 5.69 Å². The first-order valence-corrected chi connectivity index (χ1v) is 9.82. The van der Waals surface area contributed by atoms with Crippen LogP contribution in [0.25, 0.3) is 0 Å². The molecule has 1 aliphatic rings. The molecule has 0 heterocycles. The molecule has 0 radical (unpaired) electrons. The molecular formula is C23H25NO6. The molecular weight excluding hydrogens is 386 g/mol. The molecule has 0 unspecified atom stereocenters. The molecule has 1 amide bonds. The molecule has 0 fully saturated rings. The van der Waals surface area contributed by atoms with Crippen molar-refractivity contribution in [1.29, 1.82) is 0 Å². The van der Waals surface area contributed by atoms with Crippen LogP contribution in [0.1, 0.15) is 51.6 Å². The number of aryl methyl sites for hydroxylation is 2. The summed E-state index contributed by atoms with van der Waals surface area (Å²) in [5.74, 6) is -1.04. The third kappa shape index (κ3) is 4.97. The minimum Gasteiger partial charge on any atom is -0.481 e. The van der Waals surface area contributed by atoms with E-state index in [1.807, 2.05) is 12.1 Å². The van der Waals surface area contributed by atoms with Crippen molar-refractivity contribution in [2.45, 2.75) is 38.7 Å². The number of nitrogens with one attached hydrogen (secondary N) is 1. The normalized spacial score (nSPS) is 13.6. The van der Waals surface area contributed by atoms with Crippen LogP contribution in [0.3, 0.4) is 0 Å². The standard InChI is InChI=1S/C23H25NO6/c1-14(30-20-9-8-15-6-4-5-7-16(15)13-20)21(25)24-19-11-17(22(26)28-2)10-18(12-19)23(27)29-3/h8-14H,4-7H2,1-3H3,(H,24,25)/t14-/m0/s1. The van der Waals surface area contributed by atoms with Gasteiger partial charge in [-0.2, -0.15) is 0 Å². The van der Waals surface area contributed by atoms with Gasteiger partial charge in [0.05, 0.1) is 25.3 Å². The number of esters is 2. The molecule has 3 rings (SSSR count). The van der Waals surface area contributed by atoms with Crippen LogP contribution < -0.4 is 10.1 Å². The number of ether oxygens (including phenoxy) is 3. The number of carbonyl (C=O) groups is 3. The van der Waals surface area contributed by atoms with E-state index >= 15 is 0 Å². The van der Waals surface area contributed by atoms with Gasteiger partial charge in [0.25, 0.3) is 5.91 Å². The van der Waals surface area contributed by atoms with Gasteiger partial charge in [-0.25, -0.2) is 9.59 Å². The van der Waals surface area contributed by atoms with Crippen LogP contribution in [-0.2, 0) is 27.1 Å². The summed E-state index contributed by atoms with van der Waals surface area (Å²) < 4.78 is 15.2. The van der Waals surface area contributed by atoms with Crippen molar-refractivity contribution in [3.05, 3.63) is 58.7 Å². The van der Waals surface area contributed by atoms with Gasteiger partial charge in [0.15, 0.2) is 6.10 Å². The predicted octanol–water partition coefficient (Wildman–Crippen LogP) is 3.54. The number of amides is 1. The summed E-state index contributed by atoms with van der Waals surface area (Å²) in [6.45, 7) is 1.64. The number of anilines is 1. The van der Waals surface area contributed by atoms with Crippen LogP contribution in [0.5, 0.6) is 5.75 Å². The first-order chi connectivity index (χ1) is 14.4. The molecule has 30 heavy (non-hydrogen) atoms. The number of hydrogen-bond acceptors (Lipinski definition) is 6. The highest BCUT2D eigenvalue weighted by Crippen LogP contribution is 2.26. The summed E-state index contributed by atoms with van der Waals surface area (Å²) >= 11 is 0. The Balaban J connectivity index is 1.74. The quantitative estimate of drug-likeness (QED) is 0.731. The van der Waals surface area contributed by atoms with Crippen molar-refractivity contribution >= 4 is 23.5 Å². The van der Waals surface area contributed by atoms with Gasteiger partial charge >= 0.3 is 11.9 Å². The van der Waals surface area contributed by atoms with Crippen molar-refractivity contribution in [2.24, 2.45) is 0 Å². The lowest BCUT2D eigenvalue weighted by molar-refractivity contribution is -0.122. The summed E-state index contributed by atoms with van der Waals surface area (Å²) in [5, 5.41) is 2.68. The highest BCUT2D eigenvalue weighted by atomic mass is 16.5. The maximum absolute atomic E-state index is 12.6. The van der Waals surface area contributed by atoms with Gasteiger partial charge in [0.1, 0.15) is 5.75 Å². The average Bonchev–Trinajstić information content (AvgIpc) is 2.77. The number of benzene rings is 2. The van der Waals surface area contributed by atoms with Gasteiger partial charge in [-0.05, 0) is 74.1 Å². The van der Waals surface area contributed by atoms with E-state index in [4.69, 9.17) is 14.2 Å². The predicted molar refractivity (Wildman–Crippen MR) is 111 cm³/mol. The molecule has 2 aromatic rings. The fourth-order valence-corrected chi connectivity index (χ4v) is 3.46. The zero-order chi connectivity index (χ0) is 21.7. The number of fused-ring (bicyclic) bond motifs is 1. The van der Waals surface area contributed by atoms with E-state index in [2.05, 4.69) is 11.4 Å². The van der Waals surface area contributed by atoms with E-state index in [9.17, 15) is 14.4 Å². The zero-order valence-electron chi connectivity index (χ0n) is 17.3. The highest BCUT2D eigenvalue weighted by molar-refractivity contribution is 6.00. The van der Waals surface area contributed by atoms with Crippen LogP contribution in [0.2, 0.25) is 0 Å². The van der Waals surface area contributed by atoms with Crippen LogP contribution >= 0.6 is 0 Å². The molecule has 7 nitrogen and oxygen atoms in total. The monoisotopic (exact) mass is 411 g/mol. The second-order valence-corrected chi connectivity index (χ2v) is 7.17. The summed E-state index contributed by atoms with van der Waals surface area (Å²) in [5.41, 5.74) is 3.11. The molecule has 0 saturated heterocycles. The van der Waals surface area contributed by atoms with Crippen molar-refractivity contribution in [1.82, 2.24) is 0 Å². The smallest absolute Gasteiger partial charge is 0.337 e. The average molecular weight is 411 g/mol. The maximum Gasteiger partial charge on any atom is 0.337 e. The van der Waals surface area contributed by atoms with Crippen molar-refractivity contribution < 1.29 is 28.6 Å². The van der Waals surface area contributed by atoms with Crippen LogP contribution in [0.4, 0.5) is 5.69 Å². The maximum atomic E-state index is 12.6. The SMILES string of the molecule is COC(=O)c1cc(NC(=O)[C@H](C)Oc2ccc3c(c2)CCCC3)cc(C(=O)OC)c1. The van der Waals surface area contributed by atoms with Gasteiger partial charge in [-0.15, -0.1) is 0 Å². The molecule has 0 spiro atoms. The van der Waals surface area contributed by atoms with Crippen molar-refractivity contribution in [2.75, 3.05) is 19.5 Å². The van der Waals surface area contributed by atoms with E-state index in [-0.39, 0.29) is 16.8 Å². The first-order valence-electron chi connectivity index (χ1n) is 9.82. The Morgan fingerprint density at radius 2 is 1.47 bits per heavy atom. The van der Waals surface area contributed by atoms with Crippen LogP contribution in [-0.4, -0.2) is 38.2 Å². The molecule has 0 bridgehead atoms. The molecule has 0 saturated carbocycles. The van der Waals surface area contributed by atoms with Crippen molar-refractivity contribution in [3.8, 4) is 5.75 Å². The third-order valence-electron chi connectivity index (χ3n) is 5.04.